The summed E-state index contributed by atoms with van der Waals surface area (Å²) in [6.07, 6.45) is 1.85. The lowest BCUT2D eigenvalue weighted by atomic mass is 10.2. The van der Waals surface area contributed by atoms with Gasteiger partial charge in [-0.2, -0.15) is 0 Å². The third-order valence-corrected chi connectivity index (χ3v) is 4.58. The van der Waals surface area contributed by atoms with Crippen molar-refractivity contribution in [3.05, 3.63) is 46.1 Å². The summed E-state index contributed by atoms with van der Waals surface area (Å²) in [6, 6.07) is 5.91. The summed E-state index contributed by atoms with van der Waals surface area (Å²) in [4.78, 5) is 26.7. The zero-order chi connectivity index (χ0) is 18.1. The Morgan fingerprint density at radius 2 is 2.08 bits per heavy atom. The molecule has 4 rings (SSSR count). The number of fused-ring (bicyclic) bond motifs is 1. The molecule has 0 saturated carbocycles. The van der Waals surface area contributed by atoms with Crippen LogP contribution in [0, 0.1) is 5.82 Å². The lowest BCUT2D eigenvalue weighted by Gasteiger charge is -2.16. The Labute approximate surface area is 148 Å². The first-order chi connectivity index (χ1) is 12.6. The molecule has 0 aliphatic carbocycles. The van der Waals surface area contributed by atoms with E-state index in [1.54, 1.807) is 17.0 Å². The number of benzene rings is 1. The first kappa shape index (κ1) is 16.6. The van der Waals surface area contributed by atoms with Gasteiger partial charge in [0.25, 0.3) is 11.5 Å². The minimum atomic E-state index is -0.548. The molecule has 0 bridgehead atoms. The molecule has 1 N–H and O–H groups in total. The molecule has 2 aromatic rings. The topological polar surface area (TPSA) is 89.3 Å². The summed E-state index contributed by atoms with van der Waals surface area (Å²) < 4.78 is 20.0. The molecule has 1 amide bonds. The molecule has 1 saturated heterocycles. The monoisotopic (exact) mass is 359 g/mol. The standard InChI is InChI=1S/C17H18FN5O3/c18-11-3-5-12(6-4-11)22-7-8-23-16(25)14(20-21-17(22)23)15(24)19-10-13-2-1-9-26-13/h3-6,13H,1-2,7-10H2,(H,19,24)/t13-/m1/s1. The van der Waals surface area contributed by atoms with Crippen LogP contribution < -0.4 is 15.8 Å². The largest absolute Gasteiger partial charge is 0.376 e. The van der Waals surface area contributed by atoms with E-state index in [-0.39, 0.29) is 17.6 Å². The quantitative estimate of drug-likeness (QED) is 0.870. The fraction of sp³-hybridized carbons (Fsp3) is 0.412. The van der Waals surface area contributed by atoms with Gasteiger partial charge in [0.1, 0.15) is 5.82 Å². The van der Waals surface area contributed by atoms with E-state index < -0.39 is 11.5 Å². The highest BCUT2D eigenvalue weighted by Crippen LogP contribution is 2.26. The van der Waals surface area contributed by atoms with E-state index in [2.05, 4.69) is 15.5 Å². The molecule has 2 aliphatic rings. The Kier molecular flexibility index (Phi) is 4.37. The fourth-order valence-corrected chi connectivity index (χ4v) is 3.22. The van der Waals surface area contributed by atoms with Crippen molar-refractivity contribution in [1.82, 2.24) is 20.1 Å². The van der Waals surface area contributed by atoms with Gasteiger partial charge >= 0.3 is 0 Å². The van der Waals surface area contributed by atoms with Gasteiger partial charge in [-0.1, -0.05) is 0 Å². The second-order valence-corrected chi connectivity index (χ2v) is 6.28. The van der Waals surface area contributed by atoms with Crippen molar-refractivity contribution in [1.29, 1.82) is 0 Å². The van der Waals surface area contributed by atoms with Gasteiger partial charge in [-0.05, 0) is 37.1 Å². The van der Waals surface area contributed by atoms with E-state index in [4.69, 9.17) is 4.74 Å². The second kappa shape index (κ2) is 6.83. The summed E-state index contributed by atoms with van der Waals surface area (Å²) in [5.41, 5.74) is -0.000844. The predicted molar refractivity (Wildman–Crippen MR) is 91.0 cm³/mol. The Hall–Kier alpha value is -2.81. The average Bonchev–Trinajstić information content (AvgIpc) is 3.31. The van der Waals surface area contributed by atoms with Crippen LogP contribution in [0.4, 0.5) is 16.0 Å². The van der Waals surface area contributed by atoms with Gasteiger partial charge < -0.3 is 15.0 Å². The zero-order valence-corrected chi connectivity index (χ0v) is 14.0. The molecule has 1 aromatic heterocycles. The molecule has 8 nitrogen and oxygen atoms in total. The number of anilines is 2. The van der Waals surface area contributed by atoms with Crippen LogP contribution in [0.25, 0.3) is 0 Å². The molecule has 136 valence electrons. The number of halogens is 1. The van der Waals surface area contributed by atoms with Crippen LogP contribution in [0.2, 0.25) is 0 Å². The Morgan fingerprint density at radius 1 is 1.27 bits per heavy atom. The highest BCUT2D eigenvalue weighted by molar-refractivity contribution is 5.91. The molecule has 0 radical (unpaired) electrons. The van der Waals surface area contributed by atoms with Crippen molar-refractivity contribution in [2.24, 2.45) is 0 Å². The highest BCUT2D eigenvalue weighted by atomic mass is 19.1. The third kappa shape index (κ3) is 3.05. The van der Waals surface area contributed by atoms with Crippen LogP contribution in [0.5, 0.6) is 0 Å². The molecule has 1 atom stereocenters. The molecule has 2 aliphatic heterocycles. The molecule has 3 heterocycles. The number of amides is 1. The van der Waals surface area contributed by atoms with Crippen LogP contribution in [0.3, 0.4) is 0 Å². The van der Waals surface area contributed by atoms with Gasteiger partial charge in [0, 0.05) is 31.9 Å². The number of aromatic nitrogens is 3. The number of nitrogens with zero attached hydrogens (tertiary/aromatic N) is 4. The van der Waals surface area contributed by atoms with E-state index in [1.807, 2.05) is 0 Å². The van der Waals surface area contributed by atoms with Crippen LogP contribution in [-0.4, -0.2) is 46.5 Å². The normalized spacial score (nSPS) is 18.8. The van der Waals surface area contributed by atoms with E-state index in [9.17, 15) is 14.0 Å². The summed E-state index contributed by atoms with van der Waals surface area (Å²) >= 11 is 0. The summed E-state index contributed by atoms with van der Waals surface area (Å²) in [7, 11) is 0. The second-order valence-electron chi connectivity index (χ2n) is 6.28. The molecule has 9 heteroatoms. The number of hydrogen-bond donors (Lipinski definition) is 1. The molecular formula is C17H18FN5O3. The van der Waals surface area contributed by atoms with E-state index in [1.165, 1.54) is 16.7 Å². The number of ether oxygens (including phenoxy) is 1. The molecular weight excluding hydrogens is 341 g/mol. The van der Waals surface area contributed by atoms with Gasteiger partial charge in [-0.15, -0.1) is 10.2 Å². The van der Waals surface area contributed by atoms with Crippen LogP contribution >= 0.6 is 0 Å². The van der Waals surface area contributed by atoms with Crippen molar-refractivity contribution in [2.45, 2.75) is 25.5 Å². The van der Waals surface area contributed by atoms with Crippen molar-refractivity contribution in [3.63, 3.8) is 0 Å². The predicted octanol–water partition coefficient (Wildman–Crippen LogP) is 0.838. The average molecular weight is 359 g/mol. The van der Waals surface area contributed by atoms with Gasteiger partial charge in [0.2, 0.25) is 11.6 Å². The van der Waals surface area contributed by atoms with Gasteiger partial charge in [-0.25, -0.2) is 4.39 Å². The first-order valence-electron chi connectivity index (χ1n) is 8.54. The third-order valence-electron chi connectivity index (χ3n) is 4.58. The molecule has 26 heavy (non-hydrogen) atoms. The number of carbonyl (C=O) groups excluding carboxylic acids is 1. The zero-order valence-electron chi connectivity index (χ0n) is 14.0. The summed E-state index contributed by atoms with van der Waals surface area (Å²) in [5.74, 6) is -0.541. The summed E-state index contributed by atoms with van der Waals surface area (Å²) in [6.45, 7) is 1.92. The van der Waals surface area contributed by atoms with Crippen LogP contribution in [0.1, 0.15) is 23.3 Å². The molecule has 0 unspecified atom stereocenters. The smallest absolute Gasteiger partial charge is 0.286 e. The number of carbonyl (C=O) groups is 1. The van der Waals surface area contributed by atoms with Crippen molar-refractivity contribution >= 4 is 17.5 Å². The van der Waals surface area contributed by atoms with Gasteiger partial charge in [0.15, 0.2) is 0 Å². The summed E-state index contributed by atoms with van der Waals surface area (Å²) in [5, 5.41) is 10.6. The minimum Gasteiger partial charge on any atom is -0.376 e. The van der Waals surface area contributed by atoms with Gasteiger partial charge in [0.05, 0.1) is 6.10 Å². The highest BCUT2D eigenvalue weighted by Gasteiger charge is 2.27. The molecule has 1 aromatic carbocycles. The number of nitrogens with one attached hydrogen (secondary N) is 1. The van der Waals surface area contributed by atoms with Gasteiger partial charge in [-0.3, -0.25) is 14.2 Å². The lowest BCUT2D eigenvalue weighted by Crippen LogP contribution is -2.38. The SMILES string of the molecule is O=C(NC[C@H]1CCCO1)c1nnc2n(c1=O)CCN2c1ccc(F)cc1. The Bertz CT molecular complexity index is 877. The maximum absolute atomic E-state index is 13.1. The lowest BCUT2D eigenvalue weighted by molar-refractivity contribution is 0.0851. The molecule has 1 fully saturated rings. The van der Waals surface area contributed by atoms with Crippen LogP contribution in [-0.2, 0) is 11.3 Å². The number of hydrogen-bond acceptors (Lipinski definition) is 6. The fourth-order valence-electron chi connectivity index (χ4n) is 3.22. The Morgan fingerprint density at radius 3 is 2.81 bits per heavy atom. The first-order valence-corrected chi connectivity index (χ1v) is 8.54. The Balaban J connectivity index is 1.54. The van der Waals surface area contributed by atoms with Crippen molar-refractivity contribution in [2.75, 3.05) is 24.6 Å². The van der Waals surface area contributed by atoms with E-state index >= 15 is 0 Å². The molecule has 0 spiro atoms. The van der Waals surface area contributed by atoms with E-state index in [0.717, 1.165) is 12.8 Å². The van der Waals surface area contributed by atoms with E-state index in [0.29, 0.717) is 37.9 Å². The number of rotatable bonds is 4. The maximum Gasteiger partial charge on any atom is 0.286 e. The maximum atomic E-state index is 13.1. The van der Waals surface area contributed by atoms with Crippen molar-refractivity contribution in [3.8, 4) is 0 Å². The van der Waals surface area contributed by atoms with Crippen molar-refractivity contribution < 1.29 is 13.9 Å². The minimum absolute atomic E-state index is 0.0157. The van der Waals surface area contributed by atoms with Crippen LogP contribution in [0.15, 0.2) is 29.1 Å².